The molecule has 0 aromatic rings. The minimum Gasteiger partial charge on any atom is -0.428 e. The molecule has 3 unspecified atom stereocenters. The SMILES string of the molecule is BNPOC(=O)C1=C(CN2CC[C@H](N(C)C(=O)OPNB)C2)[C@H](C)[C@@H]2C([C@@H](C)O)C(=O)N12. The number of nitrogens with one attached hydrogen (secondary N) is 2. The lowest BCUT2D eigenvalue weighted by Crippen LogP contribution is -2.63. The summed E-state index contributed by atoms with van der Waals surface area (Å²) < 4.78 is 10.5. The normalized spacial score (nSPS) is 29.1. The van der Waals surface area contributed by atoms with Gasteiger partial charge in [0.1, 0.15) is 23.6 Å². The topological polar surface area (TPSA) is 124 Å². The highest BCUT2D eigenvalue weighted by Crippen LogP contribution is 2.48. The summed E-state index contributed by atoms with van der Waals surface area (Å²) in [5, 5.41) is 10.1. The van der Waals surface area contributed by atoms with E-state index in [0.29, 0.717) is 18.8 Å². The van der Waals surface area contributed by atoms with E-state index >= 15 is 0 Å². The van der Waals surface area contributed by atoms with Crippen molar-refractivity contribution in [1.82, 2.24) is 24.7 Å². The molecule has 15 heteroatoms. The maximum absolute atomic E-state index is 12.8. The van der Waals surface area contributed by atoms with Gasteiger partial charge in [-0.2, -0.15) is 0 Å². The second-order valence-corrected chi connectivity index (χ2v) is 10.2. The summed E-state index contributed by atoms with van der Waals surface area (Å²) in [6, 6.07) is -0.233. The molecule has 0 saturated carbocycles. The molecule has 176 valence electrons. The van der Waals surface area contributed by atoms with E-state index in [9.17, 15) is 19.5 Å². The zero-order valence-corrected chi connectivity index (χ0v) is 21.0. The molecular formula is C17H31B2N5O6P2. The molecule has 0 aromatic heterocycles. The number of amides is 2. The van der Waals surface area contributed by atoms with Gasteiger partial charge in [0.25, 0.3) is 0 Å². The van der Waals surface area contributed by atoms with Gasteiger partial charge in [0, 0.05) is 38.6 Å². The highest BCUT2D eigenvalue weighted by Gasteiger charge is 2.60. The molecule has 32 heavy (non-hydrogen) atoms. The molecule has 11 nitrogen and oxygen atoms in total. The zero-order chi connectivity index (χ0) is 23.6. The first-order chi connectivity index (χ1) is 15.2. The minimum absolute atomic E-state index is 0.00603. The summed E-state index contributed by atoms with van der Waals surface area (Å²) in [5.41, 5.74) is 1.15. The van der Waals surface area contributed by atoms with Crippen molar-refractivity contribution in [1.29, 1.82) is 0 Å². The first kappa shape index (κ1) is 25.4. The number of hydrogen-bond acceptors (Lipinski definition) is 9. The van der Waals surface area contributed by atoms with Gasteiger partial charge in [0.15, 0.2) is 16.0 Å². The summed E-state index contributed by atoms with van der Waals surface area (Å²) in [6.45, 7) is 5.50. The lowest BCUT2D eigenvalue weighted by atomic mass is 9.77. The van der Waals surface area contributed by atoms with Gasteiger partial charge in [-0.15, -0.1) is 0 Å². The number of nitrogens with zero attached hydrogens (tertiary/aromatic N) is 3. The van der Waals surface area contributed by atoms with E-state index in [4.69, 9.17) is 9.05 Å². The van der Waals surface area contributed by atoms with Gasteiger partial charge in [-0.3, -0.25) is 9.69 Å². The molecule has 3 rings (SSSR count). The maximum Gasteiger partial charge on any atom is 0.413 e. The molecule has 0 radical (unpaired) electrons. The van der Waals surface area contributed by atoms with E-state index in [2.05, 4.69) is 14.9 Å². The number of rotatable bonds is 9. The van der Waals surface area contributed by atoms with Crippen molar-refractivity contribution < 1.29 is 28.5 Å². The molecule has 2 saturated heterocycles. The van der Waals surface area contributed by atoms with E-state index in [-0.39, 0.29) is 47.9 Å². The molecule has 0 aromatic carbocycles. The number of hydrogen-bond donors (Lipinski definition) is 3. The minimum atomic E-state index is -0.781. The quantitative estimate of drug-likeness (QED) is 0.195. The third-order valence-electron chi connectivity index (χ3n) is 6.47. The van der Waals surface area contributed by atoms with Gasteiger partial charge in [-0.1, -0.05) is 6.92 Å². The lowest BCUT2D eigenvalue weighted by Gasteiger charge is -2.46. The van der Waals surface area contributed by atoms with Crippen LogP contribution in [0.1, 0.15) is 20.3 Å². The van der Waals surface area contributed by atoms with Crippen molar-refractivity contribution in [2.45, 2.75) is 38.5 Å². The fraction of sp³-hybridized carbons (Fsp3) is 0.706. The van der Waals surface area contributed by atoms with E-state index < -0.39 is 18.0 Å². The molecule has 3 aliphatic heterocycles. The number of carbonyl (C=O) groups excluding carboxylic acids is 3. The average molecular weight is 485 g/mol. The van der Waals surface area contributed by atoms with E-state index in [1.54, 1.807) is 34.8 Å². The van der Waals surface area contributed by atoms with Gasteiger partial charge < -0.3 is 34.0 Å². The maximum atomic E-state index is 12.8. The Morgan fingerprint density at radius 3 is 2.59 bits per heavy atom. The summed E-state index contributed by atoms with van der Waals surface area (Å²) >= 11 is 0. The van der Waals surface area contributed by atoms with Crippen LogP contribution < -0.4 is 10.00 Å². The van der Waals surface area contributed by atoms with Crippen LogP contribution in [0.15, 0.2) is 11.3 Å². The van der Waals surface area contributed by atoms with E-state index in [1.165, 1.54) is 4.90 Å². The standard InChI is InChI=1S/C17H31B2N5O6P2/c1-8-11(7-23-5-4-10(6-23)22(3)17(28)30-32-21-19)14(16(27)29-31-20-18)24-13(8)12(9(2)25)15(24)26/h8-10,12-13,20-21,25,31-32H,4-7,18-19H2,1-3H3/t8-,9+,10-,12?,13+/m0/s1. The molecule has 3 N–H and O–H groups in total. The second-order valence-electron chi connectivity index (χ2n) is 8.38. The van der Waals surface area contributed by atoms with Crippen LogP contribution in [0.4, 0.5) is 4.79 Å². The van der Waals surface area contributed by atoms with Gasteiger partial charge >= 0.3 is 12.1 Å². The Bertz CT molecular complexity index is 791. The van der Waals surface area contributed by atoms with Crippen LogP contribution in [0.25, 0.3) is 0 Å². The van der Waals surface area contributed by atoms with Gasteiger partial charge in [-0.25, -0.2) is 9.59 Å². The Morgan fingerprint density at radius 2 is 1.97 bits per heavy atom. The van der Waals surface area contributed by atoms with Crippen molar-refractivity contribution in [3.05, 3.63) is 11.3 Å². The average Bonchev–Trinajstić information content (AvgIpc) is 3.31. The zero-order valence-electron chi connectivity index (χ0n) is 19.0. The molecular weight excluding hydrogens is 454 g/mol. The Kier molecular flexibility index (Phi) is 8.58. The van der Waals surface area contributed by atoms with Crippen LogP contribution in [-0.2, 0) is 18.6 Å². The van der Waals surface area contributed by atoms with Crippen LogP contribution in [0, 0.1) is 11.8 Å². The van der Waals surface area contributed by atoms with Gasteiger partial charge in [0.2, 0.25) is 5.91 Å². The fourth-order valence-corrected chi connectivity index (χ4v) is 5.44. The number of fused-ring (bicyclic) bond motifs is 1. The Morgan fingerprint density at radius 1 is 1.31 bits per heavy atom. The van der Waals surface area contributed by atoms with Crippen LogP contribution in [0.5, 0.6) is 0 Å². The summed E-state index contributed by atoms with van der Waals surface area (Å²) in [4.78, 5) is 48.7. The number of likely N-dealkylation sites (tertiary alicyclic amines) is 1. The van der Waals surface area contributed by atoms with Crippen LogP contribution in [-0.4, -0.2) is 98.6 Å². The highest BCUT2D eigenvalue weighted by molar-refractivity contribution is 7.32. The molecule has 3 heterocycles. The summed E-state index contributed by atoms with van der Waals surface area (Å²) in [6.07, 6.45) is -0.361. The largest absolute Gasteiger partial charge is 0.428 e. The molecule has 3 aliphatic rings. The van der Waals surface area contributed by atoms with Crippen molar-refractivity contribution in [3.8, 4) is 0 Å². The first-order valence-corrected chi connectivity index (χ1v) is 12.5. The molecule has 2 amide bonds. The summed E-state index contributed by atoms with van der Waals surface area (Å²) in [7, 11) is 4.83. The smallest absolute Gasteiger partial charge is 0.413 e. The van der Waals surface area contributed by atoms with Crippen molar-refractivity contribution in [3.63, 3.8) is 0 Å². The number of aliphatic hydroxyl groups is 1. The van der Waals surface area contributed by atoms with Crippen LogP contribution in [0.3, 0.4) is 0 Å². The van der Waals surface area contributed by atoms with Crippen molar-refractivity contribution in [2.24, 2.45) is 11.8 Å². The molecule has 2 fully saturated rings. The van der Waals surface area contributed by atoms with Crippen molar-refractivity contribution >= 4 is 51.8 Å². The van der Waals surface area contributed by atoms with Gasteiger partial charge in [-0.05, 0) is 18.9 Å². The first-order valence-electron chi connectivity index (χ1n) is 10.7. The van der Waals surface area contributed by atoms with Gasteiger partial charge in [0.05, 0.1) is 18.1 Å². The third-order valence-corrected chi connectivity index (χ3v) is 7.44. The predicted octanol–water partition coefficient (Wildman–Crippen LogP) is -1.92. The second kappa shape index (κ2) is 10.8. The molecule has 0 bridgehead atoms. The van der Waals surface area contributed by atoms with Crippen molar-refractivity contribution in [2.75, 3.05) is 26.7 Å². The highest BCUT2D eigenvalue weighted by atomic mass is 31.1. The number of aliphatic hydroxyl groups excluding tert-OH is 1. The molecule has 0 spiro atoms. The van der Waals surface area contributed by atoms with Crippen LogP contribution in [0.2, 0.25) is 0 Å². The Hall–Kier alpha value is -1.22. The van der Waals surface area contributed by atoms with E-state index in [0.717, 1.165) is 18.5 Å². The summed E-state index contributed by atoms with van der Waals surface area (Å²) in [5.74, 6) is -1.36. The Labute approximate surface area is 193 Å². The number of β-lactam (4-membered cyclic amide) rings is 1. The fourth-order valence-electron chi connectivity index (χ4n) is 4.82. The number of carbonyl (C=O) groups is 3. The molecule has 7 atom stereocenters. The number of likely N-dealkylation sites (N-methyl/N-ethyl adjacent to an activating group) is 1. The van der Waals surface area contributed by atoms with Crippen LogP contribution >= 0.6 is 17.9 Å². The predicted molar refractivity (Wildman–Crippen MR) is 127 cm³/mol. The van der Waals surface area contributed by atoms with E-state index in [1.807, 2.05) is 6.92 Å². The lowest BCUT2D eigenvalue weighted by molar-refractivity contribution is -0.162. The molecule has 0 aliphatic carbocycles. The third kappa shape index (κ3) is 4.83. The monoisotopic (exact) mass is 485 g/mol. The Balaban J connectivity index is 1.74.